The fourth-order valence-electron chi connectivity index (χ4n) is 1.59. The molecule has 5 nitrogen and oxygen atoms in total. The van der Waals surface area contributed by atoms with Crippen molar-refractivity contribution >= 4 is 28.1 Å². The molecule has 1 amide bonds. The second kappa shape index (κ2) is 6.29. The van der Waals surface area contributed by atoms with Gasteiger partial charge in [0.2, 0.25) is 11.0 Å². The highest BCUT2D eigenvalue weighted by Gasteiger charge is 2.10. The first-order chi connectivity index (χ1) is 9.20. The quantitative estimate of drug-likeness (QED) is 0.823. The number of hydrogen-bond donors (Lipinski definition) is 2. The van der Waals surface area contributed by atoms with E-state index in [0.717, 1.165) is 18.4 Å². The van der Waals surface area contributed by atoms with Gasteiger partial charge in [0.25, 0.3) is 0 Å². The summed E-state index contributed by atoms with van der Waals surface area (Å²) in [6, 6.07) is 7.47. The van der Waals surface area contributed by atoms with Crippen molar-refractivity contribution in [1.29, 1.82) is 0 Å². The van der Waals surface area contributed by atoms with Crippen LogP contribution in [0.1, 0.15) is 26.2 Å². The number of aromatic nitrogens is 2. The lowest BCUT2D eigenvalue weighted by molar-refractivity contribution is -0.116. The smallest absolute Gasteiger partial charge is 0.226 e. The van der Waals surface area contributed by atoms with Crippen LogP contribution in [0.15, 0.2) is 24.3 Å². The summed E-state index contributed by atoms with van der Waals surface area (Å²) in [5.41, 5.74) is 7.38. The Kier molecular flexibility index (Phi) is 4.46. The number of nitrogen functional groups attached to an aromatic ring is 1. The molecular formula is C13H16N4OS. The molecule has 0 aliphatic heterocycles. The van der Waals surface area contributed by atoms with Gasteiger partial charge in [-0.25, -0.2) is 0 Å². The minimum Gasteiger partial charge on any atom is -0.398 e. The van der Waals surface area contributed by atoms with Gasteiger partial charge in [0.15, 0.2) is 5.01 Å². The highest BCUT2D eigenvalue weighted by molar-refractivity contribution is 7.18. The lowest BCUT2D eigenvalue weighted by Gasteiger charge is -2.00. The summed E-state index contributed by atoms with van der Waals surface area (Å²) in [5.74, 6) is -0.0226. The maximum atomic E-state index is 11.6. The van der Waals surface area contributed by atoms with Crippen LogP contribution in [0.5, 0.6) is 0 Å². The molecule has 0 saturated heterocycles. The summed E-state index contributed by atoms with van der Waals surface area (Å²) in [7, 11) is 0. The SMILES string of the molecule is CCCCC(=O)Nc1nnc(-c2ccccc2N)s1. The van der Waals surface area contributed by atoms with E-state index < -0.39 is 0 Å². The van der Waals surface area contributed by atoms with Crippen LogP contribution in [0.25, 0.3) is 10.6 Å². The number of benzene rings is 1. The Hall–Kier alpha value is -1.95. The van der Waals surface area contributed by atoms with Crippen molar-refractivity contribution in [2.24, 2.45) is 0 Å². The van der Waals surface area contributed by atoms with E-state index in [-0.39, 0.29) is 5.91 Å². The van der Waals surface area contributed by atoms with Crippen molar-refractivity contribution in [3.05, 3.63) is 24.3 Å². The largest absolute Gasteiger partial charge is 0.398 e. The summed E-state index contributed by atoms with van der Waals surface area (Å²) in [4.78, 5) is 11.6. The lowest BCUT2D eigenvalue weighted by atomic mass is 10.2. The van der Waals surface area contributed by atoms with Gasteiger partial charge in [0.05, 0.1) is 0 Å². The van der Waals surface area contributed by atoms with E-state index >= 15 is 0 Å². The van der Waals surface area contributed by atoms with Crippen LogP contribution in [0, 0.1) is 0 Å². The Morgan fingerprint density at radius 1 is 1.37 bits per heavy atom. The Labute approximate surface area is 115 Å². The lowest BCUT2D eigenvalue weighted by Crippen LogP contribution is -2.10. The van der Waals surface area contributed by atoms with Crippen molar-refractivity contribution in [2.45, 2.75) is 26.2 Å². The third kappa shape index (κ3) is 3.51. The summed E-state index contributed by atoms with van der Waals surface area (Å²) in [5, 5.41) is 12.0. The number of amides is 1. The number of unbranched alkanes of at least 4 members (excludes halogenated alkanes) is 1. The molecule has 100 valence electrons. The molecule has 1 aromatic carbocycles. The van der Waals surface area contributed by atoms with Crippen LogP contribution in [-0.4, -0.2) is 16.1 Å². The second-order valence-electron chi connectivity index (χ2n) is 4.15. The Morgan fingerprint density at radius 3 is 2.89 bits per heavy atom. The minimum atomic E-state index is -0.0226. The van der Waals surface area contributed by atoms with E-state index in [1.165, 1.54) is 11.3 Å². The van der Waals surface area contributed by atoms with Gasteiger partial charge in [-0.1, -0.05) is 36.8 Å². The van der Waals surface area contributed by atoms with Crippen LogP contribution < -0.4 is 11.1 Å². The van der Waals surface area contributed by atoms with E-state index in [1.54, 1.807) is 0 Å². The standard InChI is InChI=1S/C13H16N4OS/c1-2-3-8-11(18)15-13-17-16-12(19-13)9-6-4-5-7-10(9)14/h4-7H,2-3,8,14H2,1H3,(H,15,17,18). The van der Waals surface area contributed by atoms with Crippen molar-refractivity contribution in [2.75, 3.05) is 11.1 Å². The van der Waals surface area contributed by atoms with E-state index in [2.05, 4.69) is 22.4 Å². The van der Waals surface area contributed by atoms with Crippen molar-refractivity contribution in [1.82, 2.24) is 10.2 Å². The van der Waals surface area contributed by atoms with Gasteiger partial charge in [-0.15, -0.1) is 10.2 Å². The summed E-state index contributed by atoms with van der Waals surface area (Å²) < 4.78 is 0. The molecule has 0 unspecified atom stereocenters. The van der Waals surface area contributed by atoms with Gasteiger partial charge in [0.1, 0.15) is 0 Å². The van der Waals surface area contributed by atoms with Crippen LogP contribution in [0.2, 0.25) is 0 Å². The summed E-state index contributed by atoms with van der Waals surface area (Å²) in [6.07, 6.45) is 2.39. The molecule has 0 aliphatic carbocycles. The Morgan fingerprint density at radius 2 is 2.16 bits per heavy atom. The van der Waals surface area contributed by atoms with Crippen LogP contribution >= 0.6 is 11.3 Å². The molecule has 6 heteroatoms. The molecule has 1 heterocycles. The monoisotopic (exact) mass is 276 g/mol. The van der Waals surface area contributed by atoms with Gasteiger partial charge >= 0.3 is 0 Å². The number of hydrogen-bond acceptors (Lipinski definition) is 5. The number of rotatable bonds is 5. The van der Waals surface area contributed by atoms with E-state index in [9.17, 15) is 4.79 Å². The summed E-state index contributed by atoms with van der Waals surface area (Å²) in [6.45, 7) is 2.05. The van der Waals surface area contributed by atoms with Gasteiger partial charge < -0.3 is 11.1 Å². The first-order valence-corrected chi connectivity index (χ1v) is 7.00. The zero-order chi connectivity index (χ0) is 13.7. The average Bonchev–Trinajstić information content (AvgIpc) is 2.85. The van der Waals surface area contributed by atoms with E-state index in [0.29, 0.717) is 22.2 Å². The molecule has 2 aromatic rings. The molecule has 0 fully saturated rings. The van der Waals surface area contributed by atoms with Crippen molar-refractivity contribution in [3.63, 3.8) is 0 Å². The fraction of sp³-hybridized carbons (Fsp3) is 0.308. The normalized spacial score (nSPS) is 10.4. The predicted octanol–water partition coefficient (Wildman–Crippen LogP) is 2.92. The number of carbonyl (C=O) groups excluding carboxylic acids is 1. The summed E-state index contributed by atoms with van der Waals surface area (Å²) >= 11 is 1.33. The molecule has 2 rings (SSSR count). The molecule has 0 aliphatic rings. The van der Waals surface area contributed by atoms with Gasteiger partial charge in [-0.2, -0.15) is 0 Å². The van der Waals surface area contributed by atoms with Crippen LogP contribution in [-0.2, 0) is 4.79 Å². The molecule has 19 heavy (non-hydrogen) atoms. The van der Waals surface area contributed by atoms with E-state index in [1.807, 2.05) is 24.3 Å². The third-order valence-electron chi connectivity index (χ3n) is 2.62. The molecule has 3 N–H and O–H groups in total. The maximum absolute atomic E-state index is 11.6. The maximum Gasteiger partial charge on any atom is 0.226 e. The zero-order valence-corrected chi connectivity index (χ0v) is 11.5. The first-order valence-electron chi connectivity index (χ1n) is 6.19. The Bertz CT molecular complexity index is 567. The number of nitrogens with one attached hydrogen (secondary N) is 1. The number of carbonyl (C=O) groups is 1. The molecule has 0 spiro atoms. The number of anilines is 2. The molecule has 1 aromatic heterocycles. The highest BCUT2D eigenvalue weighted by Crippen LogP contribution is 2.30. The average molecular weight is 276 g/mol. The predicted molar refractivity (Wildman–Crippen MR) is 77.9 cm³/mol. The molecular weight excluding hydrogens is 260 g/mol. The first kappa shape index (κ1) is 13.5. The van der Waals surface area contributed by atoms with E-state index in [4.69, 9.17) is 5.73 Å². The number of para-hydroxylation sites is 1. The third-order valence-corrected chi connectivity index (χ3v) is 3.49. The van der Waals surface area contributed by atoms with Crippen molar-refractivity contribution in [3.8, 4) is 10.6 Å². The zero-order valence-electron chi connectivity index (χ0n) is 10.7. The highest BCUT2D eigenvalue weighted by atomic mass is 32.1. The number of nitrogens with zero attached hydrogens (tertiary/aromatic N) is 2. The minimum absolute atomic E-state index is 0.0226. The van der Waals surface area contributed by atoms with Gasteiger partial charge in [-0.05, 0) is 18.6 Å². The topological polar surface area (TPSA) is 80.9 Å². The van der Waals surface area contributed by atoms with Crippen LogP contribution in [0.4, 0.5) is 10.8 Å². The molecule has 0 saturated carbocycles. The second-order valence-corrected chi connectivity index (χ2v) is 5.13. The fourth-order valence-corrected chi connectivity index (χ4v) is 2.40. The van der Waals surface area contributed by atoms with Gasteiger partial charge in [0, 0.05) is 17.7 Å². The van der Waals surface area contributed by atoms with Gasteiger partial charge in [-0.3, -0.25) is 4.79 Å². The molecule has 0 radical (unpaired) electrons. The number of nitrogens with two attached hydrogens (primary N) is 1. The van der Waals surface area contributed by atoms with Crippen molar-refractivity contribution < 1.29 is 4.79 Å². The Balaban J connectivity index is 2.07. The van der Waals surface area contributed by atoms with Crippen LogP contribution in [0.3, 0.4) is 0 Å². The molecule has 0 bridgehead atoms. The molecule has 0 atom stereocenters.